The number of fused-ring (bicyclic) bond motifs is 1. The van der Waals surface area contributed by atoms with Crippen molar-refractivity contribution in [2.45, 2.75) is 45.6 Å². The molecule has 2 aromatic rings. The molecular formula is C22H24O4S. The second kappa shape index (κ2) is 6.79. The van der Waals surface area contributed by atoms with Crippen molar-refractivity contribution in [3.05, 3.63) is 52.6 Å². The van der Waals surface area contributed by atoms with Crippen molar-refractivity contribution in [3.63, 3.8) is 0 Å². The number of carbonyl (C=O) groups is 1. The van der Waals surface area contributed by atoms with E-state index >= 15 is 0 Å². The highest BCUT2D eigenvalue weighted by Gasteiger charge is 2.26. The quantitative estimate of drug-likeness (QED) is 0.801. The molecule has 27 heavy (non-hydrogen) atoms. The molecule has 2 aliphatic rings. The maximum absolute atomic E-state index is 12.1. The Bertz CT molecular complexity index is 984. The summed E-state index contributed by atoms with van der Waals surface area (Å²) in [6.45, 7) is 4.13. The van der Waals surface area contributed by atoms with E-state index in [4.69, 9.17) is 4.74 Å². The van der Waals surface area contributed by atoms with Gasteiger partial charge in [-0.3, -0.25) is 4.79 Å². The summed E-state index contributed by atoms with van der Waals surface area (Å²) in [6.07, 6.45) is 2.46. The van der Waals surface area contributed by atoms with Crippen LogP contribution in [0.15, 0.2) is 30.3 Å². The number of hydrogen-bond acceptors (Lipinski definition) is 4. The topological polar surface area (TPSA) is 60.4 Å². The van der Waals surface area contributed by atoms with E-state index in [0.717, 1.165) is 40.0 Å². The van der Waals surface area contributed by atoms with Crippen LogP contribution in [0.3, 0.4) is 0 Å². The third-order valence-electron chi connectivity index (χ3n) is 5.66. The van der Waals surface area contributed by atoms with Crippen molar-refractivity contribution in [2.75, 3.05) is 11.5 Å². The summed E-state index contributed by atoms with van der Waals surface area (Å²) >= 11 is 0. The predicted octanol–water partition coefficient (Wildman–Crippen LogP) is 4.06. The Balaban J connectivity index is 1.63. The van der Waals surface area contributed by atoms with Crippen molar-refractivity contribution in [3.8, 4) is 16.9 Å². The molecule has 4 rings (SSSR count). The zero-order valence-electron chi connectivity index (χ0n) is 15.7. The molecule has 1 aliphatic carbocycles. The first-order valence-electron chi connectivity index (χ1n) is 9.48. The van der Waals surface area contributed by atoms with Crippen LogP contribution >= 0.6 is 0 Å². The van der Waals surface area contributed by atoms with E-state index in [9.17, 15) is 13.2 Å². The third kappa shape index (κ3) is 3.53. The first-order chi connectivity index (χ1) is 12.8. The minimum absolute atomic E-state index is 0.0447. The molecule has 0 aromatic heterocycles. The van der Waals surface area contributed by atoms with E-state index in [1.165, 1.54) is 5.56 Å². The monoisotopic (exact) mass is 384 g/mol. The van der Waals surface area contributed by atoms with Gasteiger partial charge in [0, 0.05) is 12.0 Å². The number of aryl methyl sites for hydroxylation is 2. The lowest BCUT2D eigenvalue weighted by Crippen LogP contribution is -2.30. The molecule has 142 valence electrons. The van der Waals surface area contributed by atoms with Gasteiger partial charge in [-0.15, -0.1) is 0 Å². The number of benzene rings is 2. The number of rotatable bonds is 3. The molecule has 0 spiro atoms. The van der Waals surface area contributed by atoms with Gasteiger partial charge in [0.25, 0.3) is 0 Å². The van der Waals surface area contributed by atoms with Crippen molar-refractivity contribution < 1.29 is 17.9 Å². The molecule has 1 fully saturated rings. The van der Waals surface area contributed by atoms with Crippen LogP contribution in [0, 0.1) is 13.8 Å². The maximum atomic E-state index is 12.1. The third-order valence-corrected chi connectivity index (χ3v) is 7.37. The molecular weight excluding hydrogens is 360 g/mol. The van der Waals surface area contributed by atoms with Crippen LogP contribution in [0.25, 0.3) is 11.1 Å². The second-order valence-corrected chi connectivity index (χ2v) is 9.96. The Morgan fingerprint density at radius 2 is 1.59 bits per heavy atom. The van der Waals surface area contributed by atoms with Crippen LogP contribution in [-0.2, 0) is 16.3 Å². The zero-order valence-corrected chi connectivity index (χ0v) is 16.6. The smallest absolute Gasteiger partial charge is 0.163 e. The largest absolute Gasteiger partial charge is 0.490 e. The van der Waals surface area contributed by atoms with E-state index in [0.29, 0.717) is 19.3 Å². The standard InChI is InChI=1S/C22H24O4S/c1-14-12-17(26-16-8-10-27(24,25)11-9-16)13-15(2)22(14)20-5-3-4-19-18(20)6-7-21(19)23/h3-5,12-13,16H,6-11H2,1-2H3. The number of ether oxygens (including phenoxy) is 1. The second-order valence-electron chi connectivity index (χ2n) is 7.66. The van der Waals surface area contributed by atoms with E-state index in [2.05, 4.69) is 19.9 Å². The van der Waals surface area contributed by atoms with E-state index in [1.807, 2.05) is 24.3 Å². The highest BCUT2D eigenvalue weighted by atomic mass is 32.2. The first kappa shape index (κ1) is 18.2. The van der Waals surface area contributed by atoms with E-state index in [-0.39, 0.29) is 23.4 Å². The van der Waals surface area contributed by atoms with Gasteiger partial charge in [0.15, 0.2) is 15.6 Å². The van der Waals surface area contributed by atoms with Gasteiger partial charge in [-0.2, -0.15) is 0 Å². The number of sulfone groups is 1. The first-order valence-corrected chi connectivity index (χ1v) is 11.3. The van der Waals surface area contributed by atoms with Gasteiger partial charge in [-0.1, -0.05) is 18.2 Å². The molecule has 0 radical (unpaired) electrons. The summed E-state index contributed by atoms with van der Waals surface area (Å²) in [4.78, 5) is 12.1. The highest BCUT2D eigenvalue weighted by Crippen LogP contribution is 2.37. The Morgan fingerprint density at radius 1 is 0.963 bits per heavy atom. The van der Waals surface area contributed by atoms with Crippen molar-refractivity contribution in [2.24, 2.45) is 0 Å². The minimum Gasteiger partial charge on any atom is -0.490 e. The maximum Gasteiger partial charge on any atom is 0.163 e. The van der Waals surface area contributed by atoms with Gasteiger partial charge in [0.05, 0.1) is 11.5 Å². The van der Waals surface area contributed by atoms with Crippen molar-refractivity contribution >= 4 is 15.6 Å². The summed E-state index contributed by atoms with van der Waals surface area (Å²) in [7, 11) is -2.88. The lowest BCUT2D eigenvalue weighted by Gasteiger charge is -2.24. The average Bonchev–Trinajstić information content (AvgIpc) is 2.98. The minimum atomic E-state index is -2.88. The van der Waals surface area contributed by atoms with Gasteiger partial charge in [0.1, 0.15) is 11.9 Å². The molecule has 2 aromatic carbocycles. The van der Waals surface area contributed by atoms with Crippen molar-refractivity contribution in [1.29, 1.82) is 0 Å². The van der Waals surface area contributed by atoms with Gasteiger partial charge >= 0.3 is 0 Å². The lowest BCUT2D eigenvalue weighted by atomic mass is 9.90. The molecule has 0 unspecified atom stereocenters. The fraction of sp³-hybridized carbons (Fsp3) is 0.409. The number of carbonyl (C=O) groups excluding carboxylic acids is 1. The molecule has 4 nitrogen and oxygen atoms in total. The number of ketones is 1. The Kier molecular flexibility index (Phi) is 4.58. The summed E-state index contributed by atoms with van der Waals surface area (Å²) < 4.78 is 29.3. The Hall–Kier alpha value is -2.14. The number of Topliss-reactive ketones (excluding diaryl/α,β-unsaturated/α-hetero) is 1. The zero-order chi connectivity index (χ0) is 19.2. The average molecular weight is 384 g/mol. The van der Waals surface area contributed by atoms with Crippen LogP contribution < -0.4 is 4.74 Å². The van der Waals surface area contributed by atoms with E-state index in [1.54, 1.807) is 0 Å². The van der Waals surface area contributed by atoms with Gasteiger partial charge in [-0.05, 0) is 73.1 Å². The molecule has 0 bridgehead atoms. The van der Waals surface area contributed by atoms with Gasteiger partial charge < -0.3 is 4.74 Å². The van der Waals surface area contributed by atoms with Crippen LogP contribution in [0.2, 0.25) is 0 Å². The molecule has 1 saturated heterocycles. The van der Waals surface area contributed by atoms with Crippen LogP contribution in [0.4, 0.5) is 0 Å². The summed E-state index contributed by atoms with van der Waals surface area (Å²) in [5.74, 6) is 1.44. The summed E-state index contributed by atoms with van der Waals surface area (Å²) in [5, 5.41) is 0. The molecule has 0 amide bonds. The Morgan fingerprint density at radius 3 is 2.26 bits per heavy atom. The molecule has 5 heteroatoms. The molecule has 0 saturated carbocycles. The molecule has 1 heterocycles. The van der Waals surface area contributed by atoms with Gasteiger partial charge in [-0.25, -0.2) is 8.42 Å². The van der Waals surface area contributed by atoms with E-state index < -0.39 is 9.84 Å². The molecule has 1 aliphatic heterocycles. The Labute approximate surface area is 160 Å². The normalized spacial score (nSPS) is 19.1. The summed E-state index contributed by atoms with van der Waals surface area (Å²) in [6, 6.07) is 10.0. The van der Waals surface area contributed by atoms with Crippen molar-refractivity contribution in [1.82, 2.24) is 0 Å². The fourth-order valence-corrected chi connectivity index (χ4v) is 5.77. The SMILES string of the molecule is Cc1cc(OC2CCS(=O)(=O)CC2)cc(C)c1-c1cccc2c1CCC2=O. The van der Waals surface area contributed by atoms with Crippen LogP contribution in [-0.4, -0.2) is 31.8 Å². The molecule has 0 atom stereocenters. The predicted molar refractivity (Wildman–Crippen MR) is 106 cm³/mol. The van der Waals surface area contributed by atoms with Gasteiger partial charge in [0.2, 0.25) is 0 Å². The fourth-order valence-electron chi connectivity index (χ4n) is 4.32. The highest BCUT2D eigenvalue weighted by molar-refractivity contribution is 7.91. The number of hydrogen-bond donors (Lipinski definition) is 0. The lowest BCUT2D eigenvalue weighted by molar-refractivity contribution is 0.0994. The summed E-state index contributed by atoms with van der Waals surface area (Å²) in [5.41, 5.74) is 6.54. The molecule has 0 N–H and O–H groups in total. The van der Waals surface area contributed by atoms with Crippen LogP contribution in [0.1, 0.15) is 46.3 Å². The van der Waals surface area contributed by atoms with Crippen LogP contribution in [0.5, 0.6) is 5.75 Å².